The van der Waals surface area contributed by atoms with Crippen molar-refractivity contribution in [3.05, 3.63) is 64.1 Å². The second kappa shape index (κ2) is 5.58. The van der Waals surface area contributed by atoms with Crippen LogP contribution in [0.4, 0.5) is 0 Å². The van der Waals surface area contributed by atoms with Gasteiger partial charge in [-0.1, -0.05) is 29.3 Å². The Bertz CT molecular complexity index is 537. The zero-order chi connectivity index (χ0) is 12.3. The molecule has 0 heterocycles. The molecule has 2 aromatic carbocycles. The molecule has 86 valence electrons. The second-order valence-electron chi connectivity index (χ2n) is 3.35. The Kier molecular flexibility index (Phi) is 4.11. The number of hydrogen-bond acceptors (Lipinski definition) is 2. The van der Waals surface area contributed by atoms with Gasteiger partial charge in [-0.3, -0.25) is 4.79 Å². The lowest BCUT2D eigenvalue weighted by atomic mass is 10.2. The summed E-state index contributed by atoms with van der Waals surface area (Å²) in [4.78, 5) is 12.7. The van der Waals surface area contributed by atoms with Crippen molar-refractivity contribution in [2.75, 3.05) is 0 Å². The fourth-order valence-corrected chi connectivity index (χ4v) is 2.46. The number of carbonyl (C=O) groups excluding carboxylic acids is 1. The number of benzene rings is 2. The van der Waals surface area contributed by atoms with Gasteiger partial charge in [0.15, 0.2) is 0 Å². The third kappa shape index (κ3) is 3.50. The molecule has 0 N–H and O–H groups in total. The van der Waals surface area contributed by atoms with E-state index in [9.17, 15) is 4.79 Å². The molecule has 2 aromatic rings. The van der Waals surface area contributed by atoms with Crippen LogP contribution in [0.2, 0.25) is 10.0 Å². The third-order valence-corrected chi connectivity index (χ3v) is 3.48. The van der Waals surface area contributed by atoms with Gasteiger partial charge in [-0.25, -0.2) is 0 Å². The zero-order valence-corrected chi connectivity index (χ0v) is 11.0. The molecular weight excluding hydrogens is 275 g/mol. The average molecular weight is 283 g/mol. The number of halogens is 2. The number of hydrogen-bond donors (Lipinski definition) is 0. The van der Waals surface area contributed by atoms with Crippen LogP contribution in [-0.2, 0) is 0 Å². The molecular formula is C13H8Cl2OS. The van der Waals surface area contributed by atoms with Crippen molar-refractivity contribution in [2.45, 2.75) is 4.90 Å². The lowest BCUT2D eigenvalue weighted by Gasteiger charge is -2.01. The molecule has 0 radical (unpaired) electrons. The molecule has 0 saturated carbocycles. The van der Waals surface area contributed by atoms with Gasteiger partial charge in [0.2, 0.25) is 5.12 Å². The first-order chi connectivity index (χ1) is 8.15. The van der Waals surface area contributed by atoms with Crippen molar-refractivity contribution >= 4 is 40.1 Å². The highest BCUT2D eigenvalue weighted by molar-refractivity contribution is 8.14. The summed E-state index contributed by atoms with van der Waals surface area (Å²) in [6.45, 7) is 0. The molecule has 0 aliphatic rings. The molecule has 0 aliphatic carbocycles. The molecule has 0 atom stereocenters. The first kappa shape index (κ1) is 12.5. The molecule has 0 saturated heterocycles. The highest BCUT2D eigenvalue weighted by atomic mass is 35.5. The number of carbonyl (C=O) groups is 1. The van der Waals surface area contributed by atoms with Crippen LogP contribution in [0, 0.1) is 0 Å². The van der Waals surface area contributed by atoms with Crippen LogP contribution < -0.4 is 0 Å². The molecule has 0 amide bonds. The van der Waals surface area contributed by atoms with E-state index in [2.05, 4.69) is 0 Å². The van der Waals surface area contributed by atoms with Gasteiger partial charge >= 0.3 is 0 Å². The van der Waals surface area contributed by atoms with E-state index < -0.39 is 0 Å². The van der Waals surface area contributed by atoms with Gasteiger partial charge < -0.3 is 0 Å². The summed E-state index contributed by atoms with van der Waals surface area (Å²) in [5.74, 6) is 0. The minimum absolute atomic E-state index is 0.0241. The maximum absolute atomic E-state index is 11.9. The Morgan fingerprint density at radius 2 is 1.65 bits per heavy atom. The van der Waals surface area contributed by atoms with Crippen molar-refractivity contribution in [1.82, 2.24) is 0 Å². The van der Waals surface area contributed by atoms with Gasteiger partial charge in [0, 0.05) is 20.5 Å². The Balaban J connectivity index is 2.14. The number of thioether (sulfide) groups is 1. The summed E-state index contributed by atoms with van der Waals surface area (Å²) < 4.78 is 0. The molecule has 2 rings (SSSR count). The fraction of sp³-hybridized carbons (Fsp3) is 0. The van der Waals surface area contributed by atoms with Crippen LogP contribution in [-0.4, -0.2) is 5.12 Å². The predicted octanol–water partition coefficient (Wildman–Crippen LogP) is 4.93. The average Bonchev–Trinajstić information content (AvgIpc) is 2.29. The molecule has 1 nitrogen and oxygen atoms in total. The van der Waals surface area contributed by atoms with Crippen LogP contribution in [0.25, 0.3) is 0 Å². The summed E-state index contributed by atoms with van der Waals surface area (Å²) in [5, 5.41) is 1.22. The van der Waals surface area contributed by atoms with Crippen LogP contribution >= 0.6 is 35.0 Å². The van der Waals surface area contributed by atoms with E-state index in [0.717, 1.165) is 16.7 Å². The van der Waals surface area contributed by atoms with Crippen molar-refractivity contribution in [3.8, 4) is 0 Å². The van der Waals surface area contributed by atoms with Gasteiger partial charge in [-0.05, 0) is 54.2 Å². The Morgan fingerprint density at radius 3 is 2.29 bits per heavy atom. The van der Waals surface area contributed by atoms with Gasteiger partial charge in [-0.15, -0.1) is 0 Å². The zero-order valence-electron chi connectivity index (χ0n) is 8.69. The fourth-order valence-electron chi connectivity index (χ4n) is 1.28. The van der Waals surface area contributed by atoms with Crippen LogP contribution in [0.15, 0.2) is 53.4 Å². The van der Waals surface area contributed by atoms with Gasteiger partial charge in [-0.2, -0.15) is 0 Å². The van der Waals surface area contributed by atoms with E-state index in [0.29, 0.717) is 15.6 Å². The van der Waals surface area contributed by atoms with Gasteiger partial charge in [0.1, 0.15) is 0 Å². The summed E-state index contributed by atoms with van der Waals surface area (Å²) in [7, 11) is 0. The van der Waals surface area contributed by atoms with Crippen molar-refractivity contribution < 1.29 is 4.79 Å². The first-order valence-corrected chi connectivity index (χ1v) is 6.46. The summed E-state index contributed by atoms with van der Waals surface area (Å²) in [6, 6.07) is 14.0. The van der Waals surface area contributed by atoms with E-state index in [1.54, 1.807) is 36.4 Å². The maximum atomic E-state index is 11.9. The Hall–Kier alpha value is -0.960. The molecule has 0 aliphatic heterocycles. The molecule has 4 heteroatoms. The third-order valence-electron chi connectivity index (χ3n) is 2.09. The van der Waals surface area contributed by atoms with Crippen LogP contribution in [0.5, 0.6) is 0 Å². The second-order valence-corrected chi connectivity index (χ2v) is 5.27. The van der Waals surface area contributed by atoms with Crippen molar-refractivity contribution in [3.63, 3.8) is 0 Å². The smallest absolute Gasteiger partial charge is 0.224 e. The topological polar surface area (TPSA) is 17.1 Å². The highest BCUT2D eigenvalue weighted by Crippen LogP contribution is 2.25. The largest absolute Gasteiger partial charge is 0.281 e. The molecule has 0 unspecified atom stereocenters. The normalized spacial score (nSPS) is 10.2. The Labute approximate surface area is 114 Å². The van der Waals surface area contributed by atoms with E-state index in [1.165, 1.54) is 0 Å². The summed E-state index contributed by atoms with van der Waals surface area (Å²) >= 11 is 12.8. The molecule has 0 bridgehead atoms. The standard InChI is InChI=1S/C13H8Cl2OS/c14-10-6-4-9(5-7-10)13(16)17-12-3-1-2-11(15)8-12/h1-8H. The Morgan fingerprint density at radius 1 is 0.941 bits per heavy atom. The lowest BCUT2D eigenvalue weighted by Crippen LogP contribution is -1.92. The maximum Gasteiger partial charge on any atom is 0.224 e. The van der Waals surface area contributed by atoms with E-state index in [1.807, 2.05) is 12.1 Å². The predicted molar refractivity (Wildman–Crippen MR) is 73.1 cm³/mol. The lowest BCUT2D eigenvalue weighted by molar-refractivity contribution is 0.108. The molecule has 0 spiro atoms. The van der Waals surface area contributed by atoms with Gasteiger partial charge in [0.25, 0.3) is 0 Å². The van der Waals surface area contributed by atoms with Crippen LogP contribution in [0.1, 0.15) is 10.4 Å². The summed E-state index contributed by atoms with van der Waals surface area (Å²) in [6.07, 6.45) is 0. The monoisotopic (exact) mass is 282 g/mol. The molecule has 0 aromatic heterocycles. The van der Waals surface area contributed by atoms with Crippen molar-refractivity contribution in [1.29, 1.82) is 0 Å². The quantitative estimate of drug-likeness (QED) is 0.727. The van der Waals surface area contributed by atoms with Crippen LogP contribution in [0.3, 0.4) is 0 Å². The minimum Gasteiger partial charge on any atom is -0.281 e. The minimum atomic E-state index is -0.0241. The van der Waals surface area contributed by atoms with Crippen molar-refractivity contribution in [2.24, 2.45) is 0 Å². The van der Waals surface area contributed by atoms with E-state index in [4.69, 9.17) is 23.2 Å². The van der Waals surface area contributed by atoms with Gasteiger partial charge in [0.05, 0.1) is 0 Å². The molecule has 0 fully saturated rings. The highest BCUT2D eigenvalue weighted by Gasteiger charge is 2.08. The first-order valence-electron chi connectivity index (χ1n) is 4.88. The SMILES string of the molecule is O=C(Sc1cccc(Cl)c1)c1ccc(Cl)cc1. The van der Waals surface area contributed by atoms with E-state index >= 15 is 0 Å². The number of rotatable bonds is 2. The molecule has 17 heavy (non-hydrogen) atoms. The summed E-state index contributed by atoms with van der Waals surface area (Å²) in [5.41, 5.74) is 0.624. The van der Waals surface area contributed by atoms with E-state index in [-0.39, 0.29) is 5.12 Å².